The van der Waals surface area contributed by atoms with Gasteiger partial charge >= 0.3 is 0 Å². The maximum atomic E-state index is 6.35. The standard InChI is InChI=1S/C17H17Cl3O/c1-21-14-6-4-5-13(9-14)10-17(11-18,12-19)15-7-2-3-8-16(15)20/h2-9H,10-12H2,1H3. The molecule has 0 aliphatic carbocycles. The fraction of sp³-hybridized carbons (Fsp3) is 0.294. The van der Waals surface area contributed by atoms with Crippen molar-refractivity contribution in [3.63, 3.8) is 0 Å². The molecule has 0 N–H and O–H groups in total. The van der Waals surface area contributed by atoms with Gasteiger partial charge in [-0.15, -0.1) is 23.2 Å². The van der Waals surface area contributed by atoms with Crippen LogP contribution in [0.1, 0.15) is 11.1 Å². The molecular weight excluding hydrogens is 327 g/mol. The lowest BCUT2D eigenvalue weighted by atomic mass is 9.78. The summed E-state index contributed by atoms with van der Waals surface area (Å²) in [6.45, 7) is 0. The molecule has 2 aromatic carbocycles. The first kappa shape index (κ1) is 16.5. The molecule has 0 aliphatic heterocycles. The Morgan fingerprint density at radius 2 is 1.71 bits per heavy atom. The maximum Gasteiger partial charge on any atom is 0.119 e. The molecule has 4 heteroatoms. The zero-order chi connectivity index (χ0) is 15.3. The maximum absolute atomic E-state index is 6.35. The van der Waals surface area contributed by atoms with E-state index in [2.05, 4.69) is 0 Å². The summed E-state index contributed by atoms with van der Waals surface area (Å²) in [5.74, 6) is 1.62. The summed E-state index contributed by atoms with van der Waals surface area (Å²) >= 11 is 18.9. The van der Waals surface area contributed by atoms with Gasteiger partial charge in [-0.05, 0) is 35.7 Å². The minimum atomic E-state index is -0.395. The van der Waals surface area contributed by atoms with Crippen LogP contribution in [-0.4, -0.2) is 18.9 Å². The summed E-state index contributed by atoms with van der Waals surface area (Å²) in [5, 5.41) is 0.696. The number of hydrogen-bond acceptors (Lipinski definition) is 1. The van der Waals surface area contributed by atoms with Gasteiger partial charge in [0.1, 0.15) is 5.75 Å². The second-order valence-electron chi connectivity index (χ2n) is 5.06. The molecule has 0 saturated carbocycles. The van der Waals surface area contributed by atoms with E-state index in [1.807, 2.05) is 48.5 Å². The van der Waals surface area contributed by atoms with Crippen LogP contribution in [0.5, 0.6) is 5.75 Å². The average molecular weight is 344 g/mol. The van der Waals surface area contributed by atoms with E-state index in [-0.39, 0.29) is 0 Å². The normalized spacial score (nSPS) is 11.4. The molecule has 0 bridgehead atoms. The van der Waals surface area contributed by atoms with Gasteiger partial charge in [0.15, 0.2) is 0 Å². The van der Waals surface area contributed by atoms with E-state index in [1.165, 1.54) is 0 Å². The summed E-state index contributed by atoms with van der Waals surface area (Å²) in [5.41, 5.74) is 1.71. The molecular formula is C17H17Cl3O. The van der Waals surface area contributed by atoms with Crippen LogP contribution in [0.4, 0.5) is 0 Å². The lowest BCUT2D eigenvalue weighted by molar-refractivity contribution is 0.413. The van der Waals surface area contributed by atoms with Gasteiger partial charge < -0.3 is 4.74 Å². The fourth-order valence-corrected chi connectivity index (χ4v) is 3.53. The third-order valence-corrected chi connectivity index (χ3v) is 4.99. The third-order valence-electron chi connectivity index (χ3n) is 3.63. The molecule has 0 radical (unpaired) electrons. The molecule has 0 heterocycles. The van der Waals surface area contributed by atoms with Gasteiger partial charge in [-0.3, -0.25) is 0 Å². The predicted octanol–water partition coefficient (Wildman–Crippen LogP) is 5.31. The molecule has 0 amide bonds. The largest absolute Gasteiger partial charge is 0.497 e. The van der Waals surface area contributed by atoms with Gasteiger partial charge in [-0.1, -0.05) is 41.9 Å². The molecule has 0 fully saturated rings. The Bertz CT molecular complexity index is 594. The van der Waals surface area contributed by atoms with Gasteiger partial charge in [0.25, 0.3) is 0 Å². The van der Waals surface area contributed by atoms with Gasteiger partial charge in [0, 0.05) is 22.2 Å². The topological polar surface area (TPSA) is 9.23 Å². The number of rotatable bonds is 6. The fourth-order valence-electron chi connectivity index (χ4n) is 2.43. The summed E-state index contributed by atoms with van der Waals surface area (Å²) in [6, 6.07) is 15.7. The molecule has 112 valence electrons. The highest BCUT2D eigenvalue weighted by Crippen LogP contribution is 2.36. The Labute approximate surface area is 140 Å². The number of benzene rings is 2. The van der Waals surface area contributed by atoms with Gasteiger partial charge in [-0.2, -0.15) is 0 Å². The van der Waals surface area contributed by atoms with Crippen LogP contribution >= 0.6 is 34.8 Å². The van der Waals surface area contributed by atoms with Crippen LogP contribution in [0, 0.1) is 0 Å². The zero-order valence-corrected chi connectivity index (χ0v) is 14.1. The molecule has 0 atom stereocenters. The summed E-state index contributed by atoms with van der Waals surface area (Å²) < 4.78 is 5.27. The van der Waals surface area contributed by atoms with Crippen molar-refractivity contribution >= 4 is 34.8 Å². The number of halogens is 3. The van der Waals surface area contributed by atoms with E-state index in [4.69, 9.17) is 39.5 Å². The Balaban J connectivity index is 2.40. The van der Waals surface area contributed by atoms with Crippen molar-refractivity contribution in [1.29, 1.82) is 0 Å². The van der Waals surface area contributed by atoms with Crippen LogP contribution in [0.15, 0.2) is 48.5 Å². The number of alkyl halides is 2. The lowest BCUT2D eigenvalue weighted by Crippen LogP contribution is -2.33. The smallest absolute Gasteiger partial charge is 0.119 e. The van der Waals surface area contributed by atoms with Crippen LogP contribution in [0.2, 0.25) is 5.02 Å². The molecule has 2 aromatic rings. The van der Waals surface area contributed by atoms with Gasteiger partial charge in [0.05, 0.1) is 7.11 Å². The van der Waals surface area contributed by atoms with Crippen LogP contribution in [-0.2, 0) is 11.8 Å². The predicted molar refractivity (Wildman–Crippen MR) is 91.3 cm³/mol. The van der Waals surface area contributed by atoms with Crippen molar-refractivity contribution in [2.24, 2.45) is 0 Å². The van der Waals surface area contributed by atoms with Crippen molar-refractivity contribution in [3.8, 4) is 5.75 Å². The highest BCUT2D eigenvalue weighted by molar-refractivity contribution is 6.32. The SMILES string of the molecule is COc1cccc(CC(CCl)(CCl)c2ccccc2Cl)c1. The molecule has 0 aliphatic rings. The number of methoxy groups -OCH3 is 1. The molecule has 21 heavy (non-hydrogen) atoms. The quantitative estimate of drug-likeness (QED) is 0.646. The Kier molecular flexibility index (Phi) is 5.80. The third kappa shape index (κ3) is 3.66. The second kappa shape index (κ2) is 7.40. The molecule has 0 spiro atoms. The monoisotopic (exact) mass is 342 g/mol. The minimum Gasteiger partial charge on any atom is -0.497 e. The highest BCUT2D eigenvalue weighted by atomic mass is 35.5. The van der Waals surface area contributed by atoms with Gasteiger partial charge in [0.2, 0.25) is 0 Å². The zero-order valence-electron chi connectivity index (χ0n) is 11.8. The van der Waals surface area contributed by atoms with Crippen molar-refractivity contribution < 1.29 is 4.74 Å². The van der Waals surface area contributed by atoms with Crippen molar-refractivity contribution in [3.05, 3.63) is 64.7 Å². The van der Waals surface area contributed by atoms with E-state index in [0.29, 0.717) is 23.2 Å². The van der Waals surface area contributed by atoms with E-state index < -0.39 is 5.41 Å². The van der Waals surface area contributed by atoms with Crippen molar-refractivity contribution in [2.75, 3.05) is 18.9 Å². The first-order valence-electron chi connectivity index (χ1n) is 6.65. The van der Waals surface area contributed by atoms with Crippen LogP contribution in [0.3, 0.4) is 0 Å². The van der Waals surface area contributed by atoms with E-state index in [1.54, 1.807) is 7.11 Å². The first-order chi connectivity index (χ1) is 10.1. The average Bonchev–Trinajstić information content (AvgIpc) is 2.53. The van der Waals surface area contributed by atoms with E-state index in [0.717, 1.165) is 16.9 Å². The molecule has 0 unspecified atom stereocenters. The molecule has 0 saturated heterocycles. The van der Waals surface area contributed by atoms with Crippen molar-refractivity contribution in [2.45, 2.75) is 11.8 Å². The Morgan fingerprint density at radius 1 is 1.00 bits per heavy atom. The molecule has 2 rings (SSSR count). The first-order valence-corrected chi connectivity index (χ1v) is 8.10. The second-order valence-corrected chi connectivity index (χ2v) is 6.00. The Morgan fingerprint density at radius 3 is 2.33 bits per heavy atom. The summed E-state index contributed by atoms with van der Waals surface area (Å²) in [7, 11) is 1.66. The van der Waals surface area contributed by atoms with E-state index in [9.17, 15) is 0 Å². The van der Waals surface area contributed by atoms with Crippen molar-refractivity contribution in [1.82, 2.24) is 0 Å². The molecule has 0 aromatic heterocycles. The van der Waals surface area contributed by atoms with Crippen LogP contribution < -0.4 is 4.74 Å². The minimum absolute atomic E-state index is 0.395. The molecule has 1 nitrogen and oxygen atoms in total. The van der Waals surface area contributed by atoms with E-state index >= 15 is 0 Å². The number of hydrogen-bond donors (Lipinski definition) is 0. The van der Waals surface area contributed by atoms with Crippen LogP contribution in [0.25, 0.3) is 0 Å². The van der Waals surface area contributed by atoms with Gasteiger partial charge in [-0.25, -0.2) is 0 Å². The number of ether oxygens (including phenoxy) is 1. The highest BCUT2D eigenvalue weighted by Gasteiger charge is 2.32. The summed E-state index contributed by atoms with van der Waals surface area (Å²) in [4.78, 5) is 0. The lowest BCUT2D eigenvalue weighted by Gasteiger charge is -2.31. The Hall–Kier alpha value is -0.890. The summed E-state index contributed by atoms with van der Waals surface area (Å²) in [6.07, 6.45) is 0.709.